The topological polar surface area (TPSA) is 34.9 Å². The highest BCUT2D eigenvalue weighted by Crippen LogP contribution is 2.17. The first kappa shape index (κ1) is 10.8. The average Bonchev–Trinajstić information content (AvgIpc) is 2.75. The molecule has 0 aliphatic heterocycles. The number of benzene rings is 1. The molecule has 0 aliphatic rings. The van der Waals surface area contributed by atoms with Crippen LogP contribution in [0.5, 0.6) is 0 Å². The van der Waals surface area contributed by atoms with Crippen LogP contribution in [0.2, 0.25) is 5.02 Å². The number of Topliss-reactive ketones (excluding diaryl/α,β-unsaturated/α-hetero) is 1. The van der Waals surface area contributed by atoms with Gasteiger partial charge >= 0.3 is 0 Å². The third kappa shape index (κ3) is 2.12. The van der Waals surface area contributed by atoms with Gasteiger partial charge < -0.3 is 0 Å². The van der Waals surface area contributed by atoms with Crippen LogP contribution in [-0.2, 0) is 0 Å². The molecule has 0 amide bonds. The van der Waals surface area contributed by atoms with Gasteiger partial charge in [0.2, 0.25) is 5.78 Å². The minimum atomic E-state index is -1.84. The smallest absolute Gasteiger partial charge is 0.254 e. The molecule has 0 radical (unpaired) electrons. The van der Waals surface area contributed by atoms with Crippen molar-refractivity contribution in [2.75, 3.05) is 0 Å². The number of hydrogen-bond acceptors (Lipinski definition) is 2. The summed E-state index contributed by atoms with van der Waals surface area (Å²) >= 11 is 5.59. The molecular weight excluding hydrogens is 231 g/mol. The van der Waals surface area contributed by atoms with E-state index in [2.05, 4.69) is 5.10 Å². The molecule has 0 fully saturated rings. The molecule has 2 rings (SSSR count). The van der Waals surface area contributed by atoms with Gasteiger partial charge in [0.15, 0.2) is 0 Å². The zero-order chi connectivity index (χ0) is 11.5. The fraction of sp³-hybridized carbons (Fsp3) is 0.0909. The van der Waals surface area contributed by atoms with E-state index in [-0.39, 0.29) is 0 Å². The molecule has 1 heterocycles. The van der Waals surface area contributed by atoms with Gasteiger partial charge in [-0.2, -0.15) is 5.10 Å². The maximum absolute atomic E-state index is 13.7. The average molecular weight is 239 g/mol. The van der Waals surface area contributed by atoms with Gasteiger partial charge in [-0.05, 0) is 0 Å². The minimum Gasteiger partial charge on any atom is -0.289 e. The molecular formula is C11H8ClFN2O. The third-order valence-corrected chi connectivity index (χ3v) is 2.27. The van der Waals surface area contributed by atoms with Crippen LogP contribution in [0.4, 0.5) is 4.39 Å². The molecule has 1 aromatic carbocycles. The third-order valence-electron chi connectivity index (χ3n) is 2.08. The number of aromatic nitrogens is 2. The van der Waals surface area contributed by atoms with Crippen molar-refractivity contribution in [1.82, 2.24) is 9.78 Å². The first-order valence-electron chi connectivity index (χ1n) is 4.61. The summed E-state index contributed by atoms with van der Waals surface area (Å²) in [6.07, 6.45) is 0.717. The van der Waals surface area contributed by atoms with Gasteiger partial charge in [-0.15, -0.1) is 0 Å². The van der Waals surface area contributed by atoms with Crippen molar-refractivity contribution >= 4 is 17.4 Å². The Balaban J connectivity index is 2.23. The lowest BCUT2D eigenvalue weighted by Crippen LogP contribution is -2.15. The molecule has 5 heteroatoms. The van der Waals surface area contributed by atoms with Crippen molar-refractivity contribution in [3.8, 4) is 0 Å². The fourth-order valence-electron chi connectivity index (χ4n) is 1.30. The van der Waals surface area contributed by atoms with Gasteiger partial charge in [-0.25, -0.2) is 9.07 Å². The second kappa shape index (κ2) is 4.45. The van der Waals surface area contributed by atoms with E-state index >= 15 is 0 Å². The summed E-state index contributed by atoms with van der Waals surface area (Å²) in [4.78, 5) is 11.7. The first-order valence-corrected chi connectivity index (χ1v) is 4.99. The van der Waals surface area contributed by atoms with Crippen LogP contribution in [0.3, 0.4) is 0 Å². The number of carbonyl (C=O) groups is 1. The molecule has 1 aromatic heterocycles. The Kier molecular flexibility index (Phi) is 3.01. The monoisotopic (exact) mass is 238 g/mol. The van der Waals surface area contributed by atoms with Crippen LogP contribution >= 0.6 is 11.6 Å². The van der Waals surface area contributed by atoms with Crippen molar-refractivity contribution in [3.63, 3.8) is 0 Å². The summed E-state index contributed by atoms with van der Waals surface area (Å²) in [6.45, 7) is 0. The van der Waals surface area contributed by atoms with Crippen molar-refractivity contribution in [2.45, 2.75) is 6.30 Å². The number of halogens is 2. The van der Waals surface area contributed by atoms with E-state index in [1.165, 1.54) is 12.4 Å². The van der Waals surface area contributed by atoms with Gasteiger partial charge in [-0.1, -0.05) is 41.9 Å². The lowest BCUT2D eigenvalue weighted by Gasteiger charge is -2.07. The lowest BCUT2D eigenvalue weighted by molar-refractivity contribution is 0.0779. The Hall–Kier alpha value is -1.68. The highest BCUT2D eigenvalue weighted by molar-refractivity contribution is 6.30. The van der Waals surface area contributed by atoms with Crippen molar-refractivity contribution < 1.29 is 9.18 Å². The summed E-state index contributed by atoms with van der Waals surface area (Å²) < 4.78 is 14.6. The van der Waals surface area contributed by atoms with Crippen LogP contribution in [0.1, 0.15) is 16.7 Å². The van der Waals surface area contributed by atoms with Crippen LogP contribution < -0.4 is 0 Å². The van der Waals surface area contributed by atoms with Crippen LogP contribution in [0.15, 0.2) is 42.7 Å². The standard InChI is InChI=1S/C11H8ClFN2O/c12-9-6-14-15(7-9)11(13)10(16)8-4-2-1-3-5-8/h1-7,11H. The van der Waals surface area contributed by atoms with Gasteiger partial charge in [-0.3, -0.25) is 4.79 Å². The van der Waals surface area contributed by atoms with Gasteiger partial charge in [0, 0.05) is 11.8 Å². The molecule has 2 aromatic rings. The SMILES string of the molecule is O=C(c1ccccc1)C(F)n1cc(Cl)cn1. The number of ketones is 1. The quantitative estimate of drug-likeness (QED) is 0.771. The summed E-state index contributed by atoms with van der Waals surface area (Å²) in [5, 5.41) is 3.95. The molecule has 16 heavy (non-hydrogen) atoms. The van der Waals surface area contributed by atoms with E-state index in [4.69, 9.17) is 11.6 Å². The zero-order valence-electron chi connectivity index (χ0n) is 8.18. The molecule has 1 unspecified atom stereocenters. The first-order chi connectivity index (χ1) is 7.68. The van der Waals surface area contributed by atoms with E-state index in [1.807, 2.05) is 0 Å². The van der Waals surface area contributed by atoms with Crippen LogP contribution in [-0.4, -0.2) is 15.6 Å². The molecule has 0 N–H and O–H groups in total. The molecule has 0 saturated carbocycles. The van der Waals surface area contributed by atoms with Crippen LogP contribution in [0, 0.1) is 0 Å². The zero-order valence-corrected chi connectivity index (χ0v) is 8.93. The highest BCUT2D eigenvalue weighted by atomic mass is 35.5. The van der Waals surface area contributed by atoms with Gasteiger partial charge in [0.1, 0.15) is 0 Å². The van der Waals surface area contributed by atoms with Crippen molar-refractivity contribution in [3.05, 3.63) is 53.3 Å². The molecule has 3 nitrogen and oxygen atoms in total. The second-order valence-electron chi connectivity index (χ2n) is 3.20. The molecule has 0 spiro atoms. The van der Waals surface area contributed by atoms with Gasteiger partial charge in [0.05, 0.1) is 11.2 Å². The van der Waals surface area contributed by atoms with Crippen molar-refractivity contribution in [1.29, 1.82) is 0 Å². The molecule has 1 atom stereocenters. The Morgan fingerprint density at radius 2 is 2.06 bits per heavy atom. The Morgan fingerprint density at radius 3 is 2.62 bits per heavy atom. The van der Waals surface area contributed by atoms with E-state index in [1.54, 1.807) is 30.3 Å². The maximum Gasteiger partial charge on any atom is 0.254 e. The van der Waals surface area contributed by atoms with E-state index in [9.17, 15) is 9.18 Å². The number of nitrogens with zero attached hydrogens (tertiary/aromatic N) is 2. The number of hydrogen-bond donors (Lipinski definition) is 0. The molecule has 0 aliphatic carbocycles. The van der Waals surface area contributed by atoms with Crippen LogP contribution in [0.25, 0.3) is 0 Å². The highest BCUT2D eigenvalue weighted by Gasteiger charge is 2.21. The number of alkyl halides is 1. The molecule has 0 bridgehead atoms. The van der Waals surface area contributed by atoms with E-state index in [0.717, 1.165) is 4.68 Å². The molecule has 82 valence electrons. The summed E-state index contributed by atoms with van der Waals surface area (Å²) in [7, 11) is 0. The minimum absolute atomic E-state index is 0.295. The Labute approximate surface area is 96.5 Å². The maximum atomic E-state index is 13.7. The normalized spacial score (nSPS) is 12.4. The van der Waals surface area contributed by atoms with E-state index < -0.39 is 12.1 Å². The van der Waals surface area contributed by atoms with E-state index in [0.29, 0.717) is 10.6 Å². The van der Waals surface area contributed by atoms with Gasteiger partial charge in [0.25, 0.3) is 6.30 Å². The fourth-order valence-corrected chi connectivity index (χ4v) is 1.44. The number of carbonyl (C=O) groups excluding carboxylic acids is 1. The Morgan fingerprint density at radius 1 is 1.38 bits per heavy atom. The number of rotatable bonds is 3. The summed E-state index contributed by atoms with van der Waals surface area (Å²) in [5.41, 5.74) is 0.307. The largest absolute Gasteiger partial charge is 0.289 e. The van der Waals surface area contributed by atoms with Crippen molar-refractivity contribution in [2.24, 2.45) is 0 Å². The Bertz CT molecular complexity index is 498. The second-order valence-corrected chi connectivity index (χ2v) is 3.64. The summed E-state index contributed by atoms with van der Waals surface area (Å²) in [5.74, 6) is -0.639. The lowest BCUT2D eigenvalue weighted by atomic mass is 10.1. The molecule has 0 saturated heterocycles. The summed E-state index contributed by atoms with van der Waals surface area (Å²) in [6, 6.07) is 8.22. The predicted octanol–water partition coefficient (Wildman–Crippen LogP) is 2.89. The predicted molar refractivity (Wildman–Crippen MR) is 58.2 cm³/mol.